The highest BCUT2D eigenvalue weighted by atomic mass is 31.1. The van der Waals surface area contributed by atoms with Crippen LogP contribution in [0, 0.1) is 0 Å². The van der Waals surface area contributed by atoms with Crippen LogP contribution in [0.2, 0.25) is 0 Å². The molecule has 1 unspecified atom stereocenters. The van der Waals surface area contributed by atoms with E-state index in [9.17, 15) is 4.57 Å². The monoisotopic (exact) mass is 168 g/mol. The molecule has 0 aromatic rings. The van der Waals surface area contributed by atoms with Crippen LogP contribution in [-0.4, -0.2) is 18.0 Å². The average Bonchev–Trinajstić information content (AvgIpc) is 1.89. The van der Waals surface area contributed by atoms with Gasteiger partial charge in [-0.15, -0.1) is 9.42 Å². The molecule has 5 heteroatoms. The largest absolute Gasteiger partial charge is 0.694 e. The van der Waals surface area contributed by atoms with Gasteiger partial charge in [0.25, 0.3) is 0 Å². The quantitative estimate of drug-likeness (QED) is 0.617. The second-order valence-electron chi connectivity index (χ2n) is 1.44. The summed E-state index contributed by atoms with van der Waals surface area (Å²) >= 11 is 0. The Hall–Kier alpha value is -0.0200. The van der Waals surface area contributed by atoms with E-state index in [1.807, 2.05) is 0 Å². The zero-order valence-corrected chi connectivity index (χ0v) is 7.30. The van der Waals surface area contributed by atoms with Crippen LogP contribution >= 0.6 is 8.25 Å². The van der Waals surface area contributed by atoms with E-state index in [1.165, 1.54) is 0 Å². The zero-order valence-electron chi connectivity index (χ0n) is 6.41. The Morgan fingerprint density at radius 1 is 1.60 bits per heavy atom. The van der Waals surface area contributed by atoms with Crippen molar-refractivity contribution in [2.45, 2.75) is 20.3 Å². The standard InChI is InChI=1S/C3H9N.C2H5O3P/c1-2-3-4;1-2-5-6(3)4/h2-4H2,1H3;2H2,1H3/p+1. The van der Waals surface area contributed by atoms with E-state index < -0.39 is 8.25 Å². The van der Waals surface area contributed by atoms with Crippen molar-refractivity contribution in [1.82, 2.24) is 0 Å². The van der Waals surface area contributed by atoms with Crippen LogP contribution in [0.3, 0.4) is 0 Å². The second kappa shape index (κ2) is 11.7. The predicted octanol–water partition coefficient (Wildman–Crippen LogP) is 1.03. The van der Waals surface area contributed by atoms with E-state index >= 15 is 0 Å². The molecule has 0 fully saturated rings. The van der Waals surface area contributed by atoms with Crippen LogP contribution in [0.4, 0.5) is 0 Å². The van der Waals surface area contributed by atoms with Gasteiger partial charge in [0.15, 0.2) is 0 Å². The van der Waals surface area contributed by atoms with Crippen LogP contribution in [-0.2, 0) is 9.09 Å². The van der Waals surface area contributed by atoms with Crippen molar-refractivity contribution in [3.8, 4) is 0 Å². The van der Waals surface area contributed by atoms with Gasteiger partial charge in [-0.05, 0) is 19.9 Å². The fourth-order valence-electron chi connectivity index (χ4n) is 0.110. The summed E-state index contributed by atoms with van der Waals surface area (Å²) < 4.78 is 13.6. The fraction of sp³-hybridized carbons (Fsp3) is 1.00. The number of nitrogens with two attached hydrogens (primary N) is 1. The molecular weight excluding hydrogens is 153 g/mol. The van der Waals surface area contributed by atoms with Crippen molar-refractivity contribution in [3.63, 3.8) is 0 Å². The summed E-state index contributed by atoms with van der Waals surface area (Å²) in [6.07, 6.45) is 1.10. The summed E-state index contributed by atoms with van der Waals surface area (Å²) in [5.74, 6) is 0. The van der Waals surface area contributed by atoms with Gasteiger partial charge in [0.05, 0.1) is 0 Å². The summed E-state index contributed by atoms with van der Waals surface area (Å²) in [6, 6.07) is 0. The van der Waals surface area contributed by atoms with Gasteiger partial charge in [-0.25, -0.2) is 0 Å². The van der Waals surface area contributed by atoms with Gasteiger partial charge in [-0.2, -0.15) is 0 Å². The summed E-state index contributed by atoms with van der Waals surface area (Å²) in [5.41, 5.74) is 5.03. The van der Waals surface area contributed by atoms with E-state index in [2.05, 4.69) is 11.4 Å². The molecule has 0 aromatic carbocycles. The first kappa shape index (κ1) is 12.6. The molecule has 10 heavy (non-hydrogen) atoms. The lowest BCUT2D eigenvalue weighted by Crippen LogP contribution is -1.93. The first-order valence-electron chi connectivity index (χ1n) is 3.18. The molecule has 0 saturated carbocycles. The van der Waals surface area contributed by atoms with Crippen LogP contribution in [0.5, 0.6) is 0 Å². The molecule has 0 radical (unpaired) electrons. The Kier molecular flexibility index (Phi) is 14.8. The molecule has 0 heterocycles. The predicted molar refractivity (Wildman–Crippen MR) is 40.8 cm³/mol. The molecule has 62 valence electrons. The minimum absolute atomic E-state index is 0.297. The Morgan fingerprint density at radius 2 is 2.00 bits per heavy atom. The highest BCUT2D eigenvalue weighted by Gasteiger charge is 2.06. The minimum atomic E-state index is -2.35. The van der Waals surface area contributed by atoms with Gasteiger partial charge >= 0.3 is 8.25 Å². The van der Waals surface area contributed by atoms with E-state index in [4.69, 9.17) is 10.6 Å². The van der Waals surface area contributed by atoms with E-state index in [0.717, 1.165) is 13.0 Å². The molecular formula is C5H15NO3P+. The molecule has 0 aliphatic heterocycles. The molecule has 0 spiro atoms. The third-order valence-corrected chi connectivity index (χ3v) is 1.01. The molecule has 0 aliphatic carbocycles. The van der Waals surface area contributed by atoms with Gasteiger partial charge < -0.3 is 5.73 Å². The Bertz CT molecular complexity index is 77.3. The van der Waals surface area contributed by atoms with Gasteiger partial charge in [-0.3, -0.25) is 0 Å². The van der Waals surface area contributed by atoms with Crippen molar-refractivity contribution in [2.75, 3.05) is 13.2 Å². The SMILES string of the molecule is CCCN.CCO[P+](=O)O. The number of rotatable bonds is 3. The first-order chi connectivity index (χ1) is 4.68. The minimum Gasteiger partial charge on any atom is -0.330 e. The lowest BCUT2D eigenvalue weighted by atomic mass is 10.5. The topological polar surface area (TPSA) is 72.5 Å². The third-order valence-electron chi connectivity index (χ3n) is 0.528. The molecule has 0 rings (SSSR count). The molecule has 0 amide bonds. The highest BCUT2D eigenvalue weighted by Crippen LogP contribution is 2.12. The highest BCUT2D eigenvalue weighted by molar-refractivity contribution is 7.32. The Labute approximate surface area is 62.3 Å². The maximum atomic E-state index is 9.53. The number of hydrogen-bond acceptors (Lipinski definition) is 3. The maximum absolute atomic E-state index is 9.53. The van der Waals surface area contributed by atoms with Crippen molar-refractivity contribution in [2.24, 2.45) is 5.73 Å². The summed E-state index contributed by atoms with van der Waals surface area (Å²) in [6.45, 7) is 4.83. The van der Waals surface area contributed by atoms with Crippen LogP contribution < -0.4 is 5.73 Å². The average molecular weight is 168 g/mol. The third kappa shape index (κ3) is 24.5. The summed E-state index contributed by atoms with van der Waals surface area (Å²) in [7, 11) is -2.35. The van der Waals surface area contributed by atoms with E-state index in [0.29, 0.717) is 6.61 Å². The molecule has 0 aromatic heterocycles. The van der Waals surface area contributed by atoms with Crippen molar-refractivity contribution in [3.05, 3.63) is 0 Å². The van der Waals surface area contributed by atoms with Crippen LogP contribution in [0.15, 0.2) is 0 Å². The smallest absolute Gasteiger partial charge is 0.330 e. The van der Waals surface area contributed by atoms with Gasteiger partial charge in [0.2, 0.25) is 0 Å². The summed E-state index contributed by atoms with van der Waals surface area (Å²) in [5, 5.41) is 0. The lowest BCUT2D eigenvalue weighted by molar-refractivity contribution is 0.297. The van der Waals surface area contributed by atoms with Crippen LogP contribution in [0.1, 0.15) is 20.3 Å². The number of hydrogen-bond donors (Lipinski definition) is 2. The van der Waals surface area contributed by atoms with Crippen molar-refractivity contribution in [1.29, 1.82) is 0 Å². The molecule has 1 atom stereocenters. The Morgan fingerprint density at radius 3 is 2.00 bits per heavy atom. The normalized spacial score (nSPS) is 9.80. The van der Waals surface area contributed by atoms with E-state index in [-0.39, 0.29) is 0 Å². The molecule has 0 saturated heterocycles. The molecule has 3 N–H and O–H groups in total. The summed E-state index contributed by atoms with van der Waals surface area (Å²) in [4.78, 5) is 7.84. The maximum Gasteiger partial charge on any atom is 0.694 e. The molecule has 0 bridgehead atoms. The zero-order chi connectivity index (χ0) is 8.41. The van der Waals surface area contributed by atoms with Crippen molar-refractivity contribution >= 4 is 8.25 Å². The van der Waals surface area contributed by atoms with Gasteiger partial charge in [0.1, 0.15) is 6.61 Å². The molecule has 4 nitrogen and oxygen atoms in total. The van der Waals surface area contributed by atoms with Crippen LogP contribution in [0.25, 0.3) is 0 Å². The van der Waals surface area contributed by atoms with Gasteiger partial charge in [-0.1, -0.05) is 6.92 Å². The van der Waals surface area contributed by atoms with Crippen molar-refractivity contribution < 1.29 is 14.0 Å². The Balaban J connectivity index is 0. The first-order valence-corrected chi connectivity index (χ1v) is 4.31. The fourth-order valence-corrected chi connectivity index (χ4v) is 0.331. The second-order valence-corrected chi connectivity index (χ2v) is 2.18. The lowest BCUT2D eigenvalue weighted by Gasteiger charge is -1.70. The van der Waals surface area contributed by atoms with Gasteiger partial charge in [0, 0.05) is 4.57 Å². The van der Waals surface area contributed by atoms with E-state index in [1.54, 1.807) is 6.92 Å². The molecule has 0 aliphatic rings.